The zero-order valence-electron chi connectivity index (χ0n) is 16.4. The van der Waals surface area contributed by atoms with E-state index < -0.39 is 0 Å². The second-order valence-electron chi connectivity index (χ2n) is 7.00. The summed E-state index contributed by atoms with van der Waals surface area (Å²) in [4.78, 5) is 11.2. The first-order valence-corrected chi connectivity index (χ1v) is 9.21. The Kier molecular flexibility index (Phi) is 8.82. The first kappa shape index (κ1) is 22.7. The number of nitrogens with one attached hydrogen (secondary N) is 1. The van der Waals surface area contributed by atoms with Gasteiger partial charge in [-0.3, -0.25) is 4.99 Å². The highest BCUT2D eigenvalue weighted by Gasteiger charge is 2.18. The molecule has 0 aliphatic rings. The average molecular weight is 488 g/mol. The Morgan fingerprint density at radius 2 is 1.92 bits per heavy atom. The monoisotopic (exact) mass is 488 g/mol. The van der Waals surface area contributed by atoms with Crippen LogP contribution in [0.4, 0.5) is 0 Å². The van der Waals surface area contributed by atoms with E-state index >= 15 is 0 Å². The van der Waals surface area contributed by atoms with Crippen LogP contribution in [-0.2, 0) is 18.5 Å². The van der Waals surface area contributed by atoms with Crippen molar-refractivity contribution in [3.63, 3.8) is 0 Å². The molecule has 0 unspecified atom stereocenters. The Morgan fingerprint density at radius 3 is 2.42 bits per heavy atom. The number of rotatable bonds is 5. The van der Waals surface area contributed by atoms with Gasteiger partial charge in [0.2, 0.25) is 0 Å². The normalized spacial score (nSPS) is 11.7. The van der Waals surface area contributed by atoms with E-state index in [2.05, 4.69) is 53.5 Å². The Labute approximate surface area is 177 Å². The number of ether oxygens (including phenoxy) is 1. The molecule has 0 saturated carbocycles. The van der Waals surface area contributed by atoms with E-state index in [-0.39, 0.29) is 29.4 Å². The molecule has 0 amide bonds. The van der Waals surface area contributed by atoms with Gasteiger partial charge in [-0.15, -0.1) is 35.3 Å². The van der Waals surface area contributed by atoms with Crippen LogP contribution in [0.5, 0.6) is 5.75 Å². The third-order valence-electron chi connectivity index (χ3n) is 3.77. The molecule has 1 aromatic heterocycles. The zero-order chi connectivity index (χ0) is 18.4. The maximum Gasteiger partial charge on any atom is 0.194 e. The lowest BCUT2D eigenvalue weighted by Crippen LogP contribution is -2.38. The highest BCUT2D eigenvalue weighted by Crippen LogP contribution is 2.25. The number of halogens is 1. The molecule has 0 fully saturated rings. The number of hydrogen-bond donors (Lipinski definition) is 1. The van der Waals surface area contributed by atoms with Gasteiger partial charge >= 0.3 is 0 Å². The summed E-state index contributed by atoms with van der Waals surface area (Å²) < 4.78 is 5.20. The van der Waals surface area contributed by atoms with Crippen molar-refractivity contribution in [2.75, 3.05) is 21.2 Å². The number of aromatic nitrogens is 1. The number of guanidine groups is 1. The van der Waals surface area contributed by atoms with Crippen molar-refractivity contribution in [2.45, 2.75) is 39.3 Å². The molecule has 5 nitrogen and oxygen atoms in total. The summed E-state index contributed by atoms with van der Waals surface area (Å²) in [5.41, 5.74) is 2.35. The second-order valence-corrected chi connectivity index (χ2v) is 7.86. The van der Waals surface area contributed by atoms with E-state index in [0.717, 1.165) is 29.0 Å². The van der Waals surface area contributed by atoms with Gasteiger partial charge in [-0.25, -0.2) is 4.98 Å². The molecule has 7 heteroatoms. The van der Waals surface area contributed by atoms with Crippen LogP contribution in [0.25, 0.3) is 0 Å². The Hall–Kier alpha value is -1.35. The minimum atomic E-state index is 0. The smallest absolute Gasteiger partial charge is 0.194 e. The van der Waals surface area contributed by atoms with E-state index in [9.17, 15) is 0 Å². The summed E-state index contributed by atoms with van der Waals surface area (Å²) >= 11 is 1.71. The molecule has 0 aliphatic heterocycles. The van der Waals surface area contributed by atoms with E-state index in [1.807, 2.05) is 19.2 Å². The van der Waals surface area contributed by atoms with Crippen LogP contribution in [-0.4, -0.2) is 37.0 Å². The molecule has 0 spiro atoms. The van der Waals surface area contributed by atoms with Crippen LogP contribution < -0.4 is 10.1 Å². The topological polar surface area (TPSA) is 49.8 Å². The first-order valence-electron chi connectivity index (χ1n) is 8.33. The Morgan fingerprint density at radius 1 is 1.27 bits per heavy atom. The van der Waals surface area contributed by atoms with Gasteiger partial charge in [0.25, 0.3) is 0 Å². The van der Waals surface area contributed by atoms with Crippen molar-refractivity contribution in [1.82, 2.24) is 15.2 Å². The molecule has 0 saturated heterocycles. The van der Waals surface area contributed by atoms with Crippen LogP contribution in [0.15, 0.2) is 34.6 Å². The van der Waals surface area contributed by atoms with Crippen LogP contribution in [0.3, 0.4) is 0 Å². The maximum absolute atomic E-state index is 5.20. The molecule has 1 heterocycles. The lowest BCUT2D eigenvalue weighted by atomic mass is 9.98. The third kappa shape index (κ3) is 6.42. The SMILES string of the molecule is CN=C(NCc1csc(C(C)(C)C)n1)N(C)Cc1ccc(OC)cc1.I. The molecule has 1 N–H and O–H groups in total. The van der Waals surface area contributed by atoms with Gasteiger partial charge in [-0.2, -0.15) is 0 Å². The fourth-order valence-corrected chi connectivity index (χ4v) is 3.27. The van der Waals surface area contributed by atoms with Crippen molar-refractivity contribution in [3.8, 4) is 5.75 Å². The number of nitrogens with zero attached hydrogens (tertiary/aromatic N) is 3. The summed E-state index contributed by atoms with van der Waals surface area (Å²) in [5.74, 6) is 1.72. The quantitative estimate of drug-likeness (QED) is 0.388. The van der Waals surface area contributed by atoms with E-state index in [0.29, 0.717) is 6.54 Å². The Balaban J connectivity index is 0.00000338. The molecule has 0 bridgehead atoms. The fraction of sp³-hybridized carbons (Fsp3) is 0.474. The largest absolute Gasteiger partial charge is 0.497 e. The maximum atomic E-state index is 5.20. The molecule has 26 heavy (non-hydrogen) atoms. The first-order chi connectivity index (χ1) is 11.8. The molecular weight excluding hydrogens is 459 g/mol. The molecule has 0 aliphatic carbocycles. The van der Waals surface area contributed by atoms with Crippen molar-refractivity contribution in [3.05, 3.63) is 45.9 Å². The average Bonchev–Trinajstić information content (AvgIpc) is 3.05. The van der Waals surface area contributed by atoms with Crippen molar-refractivity contribution in [1.29, 1.82) is 0 Å². The molecule has 1 aromatic carbocycles. The Bertz CT molecular complexity index is 707. The molecule has 2 rings (SSSR count). The number of thiazole rings is 1. The summed E-state index contributed by atoms with van der Waals surface area (Å²) in [5, 5.41) is 6.66. The van der Waals surface area contributed by atoms with E-state index in [1.54, 1.807) is 25.5 Å². The van der Waals surface area contributed by atoms with Gasteiger partial charge in [-0.1, -0.05) is 32.9 Å². The number of methoxy groups -OCH3 is 1. The minimum absolute atomic E-state index is 0. The minimum Gasteiger partial charge on any atom is -0.497 e. The number of benzene rings is 1. The van der Waals surface area contributed by atoms with Crippen LogP contribution in [0.2, 0.25) is 0 Å². The summed E-state index contributed by atoms with van der Waals surface area (Å²) in [7, 11) is 5.51. The number of aliphatic imine (C=N–C) groups is 1. The lowest BCUT2D eigenvalue weighted by Gasteiger charge is -2.22. The van der Waals surface area contributed by atoms with E-state index in [1.165, 1.54) is 5.56 Å². The lowest BCUT2D eigenvalue weighted by molar-refractivity contribution is 0.414. The third-order valence-corrected chi connectivity index (χ3v) is 5.09. The van der Waals surface area contributed by atoms with Crippen molar-refractivity contribution < 1.29 is 4.74 Å². The molecule has 0 radical (unpaired) electrons. The van der Waals surface area contributed by atoms with E-state index in [4.69, 9.17) is 9.72 Å². The summed E-state index contributed by atoms with van der Waals surface area (Å²) in [6.45, 7) is 8.00. The molecular formula is C19H29IN4OS. The standard InChI is InChI=1S/C19H28N4OS.HI/c1-19(2,3)17-22-15(13-25-17)11-21-18(20-4)23(5)12-14-7-9-16(24-6)10-8-14;/h7-10,13H,11-12H2,1-6H3,(H,20,21);1H. The summed E-state index contributed by atoms with van der Waals surface area (Å²) in [6, 6.07) is 8.09. The highest BCUT2D eigenvalue weighted by atomic mass is 127. The van der Waals surface area contributed by atoms with Crippen LogP contribution in [0, 0.1) is 0 Å². The van der Waals surface area contributed by atoms with Gasteiger partial charge in [0.15, 0.2) is 5.96 Å². The summed E-state index contributed by atoms with van der Waals surface area (Å²) in [6.07, 6.45) is 0. The predicted molar refractivity (Wildman–Crippen MR) is 121 cm³/mol. The fourth-order valence-electron chi connectivity index (χ4n) is 2.37. The predicted octanol–water partition coefficient (Wildman–Crippen LogP) is 4.27. The molecule has 0 atom stereocenters. The highest BCUT2D eigenvalue weighted by molar-refractivity contribution is 14.0. The van der Waals surface area contributed by atoms with Gasteiger partial charge in [-0.05, 0) is 17.7 Å². The van der Waals surface area contributed by atoms with Gasteiger partial charge in [0.1, 0.15) is 5.75 Å². The zero-order valence-corrected chi connectivity index (χ0v) is 19.5. The van der Waals surface area contributed by atoms with Gasteiger partial charge in [0.05, 0.1) is 24.4 Å². The number of hydrogen-bond acceptors (Lipinski definition) is 4. The van der Waals surface area contributed by atoms with Crippen molar-refractivity contribution >= 4 is 41.3 Å². The van der Waals surface area contributed by atoms with Gasteiger partial charge in [0, 0.05) is 31.4 Å². The van der Waals surface area contributed by atoms with Crippen LogP contribution >= 0.6 is 35.3 Å². The molecule has 144 valence electrons. The molecule has 2 aromatic rings. The van der Waals surface area contributed by atoms with Gasteiger partial charge < -0.3 is 15.0 Å². The van der Waals surface area contributed by atoms with Crippen molar-refractivity contribution in [2.24, 2.45) is 4.99 Å². The second kappa shape index (κ2) is 10.1. The van der Waals surface area contributed by atoms with Crippen LogP contribution in [0.1, 0.15) is 37.0 Å².